The molecule has 5 aromatic rings. The van der Waals surface area contributed by atoms with E-state index in [1.807, 2.05) is 25.2 Å². The molecule has 2 aliphatic rings. The van der Waals surface area contributed by atoms with Crippen LogP contribution in [0.2, 0.25) is 0 Å². The molecular formula is C50H58N3O4S+. The summed E-state index contributed by atoms with van der Waals surface area (Å²) in [5.74, 6) is 0. The van der Waals surface area contributed by atoms with Crippen LogP contribution >= 0.6 is 11.3 Å². The maximum absolute atomic E-state index is 6.02. The van der Waals surface area contributed by atoms with Crippen molar-refractivity contribution >= 4 is 44.7 Å². The topological polar surface area (TPSA) is 47.3 Å². The summed E-state index contributed by atoms with van der Waals surface area (Å²) >= 11 is 1.84. The number of nitrogens with zero attached hydrogens (tertiary/aromatic N) is 3. The third-order valence-electron chi connectivity index (χ3n) is 10.6. The van der Waals surface area contributed by atoms with Crippen LogP contribution in [0.3, 0.4) is 0 Å². The average molecular weight is 797 g/mol. The smallest absolute Gasteiger partial charge is 0.262 e. The number of aryl methyl sites for hydroxylation is 2. The summed E-state index contributed by atoms with van der Waals surface area (Å²) in [6, 6.07) is 35.1. The number of benzene rings is 4. The zero-order valence-electron chi connectivity index (χ0n) is 34.6. The van der Waals surface area contributed by atoms with Gasteiger partial charge in [-0.05, 0) is 111 Å². The highest BCUT2D eigenvalue weighted by Gasteiger charge is 2.28. The van der Waals surface area contributed by atoms with E-state index in [1.54, 1.807) is 0 Å². The molecule has 7 rings (SSSR count). The highest BCUT2D eigenvalue weighted by atomic mass is 32.1. The van der Waals surface area contributed by atoms with Crippen LogP contribution < -0.4 is 14.4 Å². The van der Waals surface area contributed by atoms with Gasteiger partial charge in [-0.1, -0.05) is 77.6 Å². The van der Waals surface area contributed by atoms with E-state index >= 15 is 0 Å². The second kappa shape index (κ2) is 20.7. The van der Waals surface area contributed by atoms with Crippen molar-refractivity contribution in [3.05, 3.63) is 160 Å². The number of aromatic nitrogens is 1. The molecule has 0 saturated carbocycles. The quantitative estimate of drug-likeness (QED) is 0.0578. The van der Waals surface area contributed by atoms with Crippen LogP contribution in [0.4, 0.5) is 17.1 Å². The van der Waals surface area contributed by atoms with Gasteiger partial charge in [-0.25, -0.2) is 0 Å². The van der Waals surface area contributed by atoms with E-state index < -0.39 is 0 Å². The third-order valence-corrected chi connectivity index (χ3v) is 11.7. The van der Waals surface area contributed by atoms with E-state index in [0.29, 0.717) is 52.9 Å². The maximum Gasteiger partial charge on any atom is 0.262 e. The molecule has 0 unspecified atom stereocenters. The van der Waals surface area contributed by atoms with Crippen molar-refractivity contribution in [2.24, 2.45) is 0 Å². The molecule has 8 heteroatoms. The first-order valence-electron chi connectivity index (χ1n) is 20.9. The molecule has 0 amide bonds. The molecule has 1 aliphatic carbocycles. The lowest BCUT2D eigenvalue weighted by Gasteiger charge is -2.28. The Kier molecular flexibility index (Phi) is 14.8. The second-order valence-electron chi connectivity index (χ2n) is 14.7. The number of ether oxygens (including phenoxy) is 4. The van der Waals surface area contributed by atoms with Crippen molar-refractivity contribution in [3.63, 3.8) is 0 Å². The molecule has 4 aromatic carbocycles. The number of allylic oxidation sites excluding steroid dienone is 6. The van der Waals surface area contributed by atoms with Crippen molar-refractivity contribution in [1.82, 2.24) is 0 Å². The van der Waals surface area contributed by atoms with Gasteiger partial charge < -0.3 is 28.7 Å². The van der Waals surface area contributed by atoms with E-state index in [9.17, 15) is 0 Å². The Hall–Kier alpha value is -4.83. The maximum atomic E-state index is 6.02. The Morgan fingerprint density at radius 3 is 2.05 bits per heavy atom. The van der Waals surface area contributed by atoms with Crippen LogP contribution in [-0.2, 0) is 31.9 Å². The van der Waals surface area contributed by atoms with Gasteiger partial charge in [0.05, 0.1) is 38.7 Å². The predicted molar refractivity (Wildman–Crippen MR) is 240 cm³/mol. The molecular weight excluding hydrogens is 739 g/mol. The number of para-hydroxylation sites is 2. The number of rotatable bonds is 20. The average Bonchev–Trinajstić information content (AvgIpc) is 3.91. The minimum atomic E-state index is 0.600. The molecule has 1 aromatic heterocycles. The molecule has 0 bridgehead atoms. The lowest BCUT2D eigenvalue weighted by Crippen LogP contribution is -2.37. The Morgan fingerprint density at radius 1 is 0.690 bits per heavy atom. The Bertz CT molecular complexity index is 2200. The molecule has 0 saturated heterocycles. The van der Waals surface area contributed by atoms with Gasteiger partial charge in [-0.3, -0.25) is 0 Å². The highest BCUT2D eigenvalue weighted by molar-refractivity contribution is 7.18. The van der Waals surface area contributed by atoms with Gasteiger partial charge in [0.25, 0.3) is 5.01 Å². The van der Waals surface area contributed by atoms with Gasteiger partial charge in [0.2, 0.25) is 5.52 Å². The van der Waals surface area contributed by atoms with Crippen molar-refractivity contribution in [2.45, 2.75) is 53.5 Å². The monoisotopic (exact) mass is 796 g/mol. The van der Waals surface area contributed by atoms with Gasteiger partial charge in [0.1, 0.15) is 11.3 Å². The van der Waals surface area contributed by atoms with Crippen molar-refractivity contribution in [1.29, 1.82) is 0 Å². The Labute approximate surface area is 349 Å². The predicted octanol–water partition coefficient (Wildman–Crippen LogP) is 10.7. The molecule has 0 atom stereocenters. The first-order chi connectivity index (χ1) is 28.5. The molecule has 2 heterocycles. The number of thiazole rings is 1. The van der Waals surface area contributed by atoms with Gasteiger partial charge in [-0.15, -0.1) is 0 Å². The summed E-state index contributed by atoms with van der Waals surface area (Å²) in [6.07, 6.45) is 12.2. The summed E-state index contributed by atoms with van der Waals surface area (Å²) in [4.78, 5) is 4.89. The third kappa shape index (κ3) is 10.2. The molecule has 7 nitrogen and oxygen atoms in total. The summed E-state index contributed by atoms with van der Waals surface area (Å²) in [5, 5.41) is 1.21. The second-order valence-corrected chi connectivity index (χ2v) is 15.8. The molecule has 0 N–H and O–H groups in total. The molecule has 0 fully saturated rings. The lowest BCUT2D eigenvalue weighted by atomic mass is 10.1. The molecule has 0 radical (unpaired) electrons. The molecule has 58 heavy (non-hydrogen) atoms. The van der Waals surface area contributed by atoms with Crippen molar-refractivity contribution in [3.8, 4) is 0 Å². The Balaban J connectivity index is 1.27. The van der Waals surface area contributed by atoms with Crippen LogP contribution in [0.25, 0.3) is 16.3 Å². The normalized spacial score (nSPS) is 15.6. The van der Waals surface area contributed by atoms with Crippen LogP contribution in [-0.4, -0.2) is 59.4 Å². The Morgan fingerprint density at radius 2 is 1.34 bits per heavy atom. The van der Waals surface area contributed by atoms with E-state index in [0.717, 1.165) is 43.7 Å². The van der Waals surface area contributed by atoms with E-state index in [1.165, 1.54) is 60.1 Å². The van der Waals surface area contributed by atoms with Crippen molar-refractivity contribution < 1.29 is 23.5 Å². The fourth-order valence-corrected chi connectivity index (χ4v) is 9.03. The first-order valence-corrected chi connectivity index (χ1v) is 21.7. The minimum Gasteiger partial charge on any atom is -0.379 e. The van der Waals surface area contributed by atoms with Crippen LogP contribution in [0.1, 0.15) is 48.4 Å². The first kappa shape index (κ1) is 41.3. The zero-order chi connectivity index (χ0) is 40.1. The van der Waals surface area contributed by atoms with Gasteiger partial charge >= 0.3 is 0 Å². The number of fused-ring (bicyclic) bond motifs is 2. The van der Waals surface area contributed by atoms with Gasteiger partial charge in [-0.2, -0.15) is 4.57 Å². The van der Waals surface area contributed by atoms with Crippen LogP contribution in [0.5, 0.6) is 0 Å². The van der Waals surface area contributed by atoms with Crippen LogP contribution in [0.15, 0.2) is 138 Å². The number of hydrogen-bond donors (Lipinski definition) is 0. The fourth-order valence-electron chi connectivity index (χ4n) is 7.84. The number of hydrogen-bond acceptors (Lipinski definition) is 7. The minimum absolute atomic E-state index is 0.600. The van der Waals surface area contributed by atoms with Gasteiger partial charge in [0.15, 0.2) is 6.54 Å². The fraction of sp³-hybridized carbons (Fsp3) is 0.340. The number of anilines is 3. The lowest BCUT2D eigenvalue weighted by molar-refractivity contribution is -0.670. The summed E-state index contributed by atoms with van der Waals surface area (Å²) < 4.78 is 26.7. The summed E-state index contributed by atoms with van der Waals surface area (Å²) in [5.41, 5.74) is 13.9. The molecule has 1 aliphatic heterocycles. The zero-order valence-corrected chi connectivity index (χ0v) is 35.4. The largest absolute Gasteiger partial charge is 0.379 e. The van der Waals surface area contributed by atoms with Crippen molar-refractivity contribution in [2.75, 3.05) is 69.2 Å². The standard InChI is InChI=1S/C50H58N3O4S/c1-5-54-31-33-56-29-27-51-45(37-42-35-38(3)17-24-46(42)51)23-21-40-19-20-41(50(40)53(43-13-9-7-10-14-43)44-15-11-8-12-16-44)22-26-49-52(28-30-57-34-32-55-6-2)47-25-18-39(4)36-48(47)58-49/h7-18,21-26,35-36H,5-6,19-20,27-34,37H2,1-4H3/q+1. The van der Waals surface area contributed by atoms with E-state index in [-0.39, 0.29) is 0 Å². The summed E-state index contributed by atoms with van der Waals surface area (Å²) in [7, 11) is 0. The van der Waals surface area contributed by atoms with E-state index in [2.05, 4.69) is 150 Å². The van der Waals surface area contributed by atoms with Gasteiger partial charge in [0, 0.05) is 61.1 Å². The SMILES string of the molecule is CCOCCOCCN1/C(=C/C=C2\CCC(/C=C/c3sc4cc(C)ccc4[n+]3CCOCCOCC)=C2N(c2ccccc2)c2ccccc2)Cc2cc(C)ccc21. The van der Waals surface area contributed by atoms with Crippen LogP contribution in [0, 0.1) is 13.8 Å². The van der Waals surface area contributed by atoms with E-state index in [4.69, 9.17) is 18.9 Å². The molecule has 302 valence electrons. The summed E-state index contributed by atoms with van der Waals surface area (Å²) in [6.45, 7) is 15.1. The highest BCUT2D eigenvalue weighted by Crippen LogP contribution is 2.43. The molecule has 0 spiro atoms.